The second-order valence-corrected chi connectivity index (χ2v) is 6.11. The first kappa shape index (κ1) is 17.4. The molecule has 0 aliphatic heterocycles. The van der Waals surface area contributed by atoms with E-state index in [1.807, 2.05) is 0 Å². The summed E-state index contributed by atoms with van der Waals surface area (Å²) in [4.78, 5) is 23.6. The van der Waals surface area contributed by atoms with E-state index in [-0.39, 0.29) is 6.04 Å². The predicted octanol–water partition coefficient (Wildman–Crippen LogP) is 3.06. The zero-order valence-electron chi connectivity index (χ0n) is 13.3. The lowest BCUT2D eigenvalue weighted by molar-refractivity contribution is -0.125. The number of halogens is 2. The Morgan fingerprint density at radius 2 is 1.87 bits per heavy atom. The van der Waals surface area contributed by atoms with Crippen molar-refractivity contribution in [1.29, 1.82) is 0 Å². The SMILES string of the molecule is CC1CCCC(NC(=O)COC(=O)c2c(F)cccc2F)C1C. The van der Waals surface area contributed by atoms with Gasteiger partial charge in [0.05, 0.1) is 0 Å². The van der Waals surface area contributed by atoms with Crippen molar-refractivity contribution in [1.82, 2.24) is 5.32 Å². The summed E-state index contributed by atoms with van der Waals surface area (Å²) >= 11 is 0. The van der Waals surface area contributed by atoms with Crippen LogP contribution in [0.1, 0.15) is 43.5 Å². The summed E-state index contributed by atoms with van der Waals surface area (Å²) in [7, 11) is 0. The van der Waals surface area contributed by atoms with E-state index >= 15 is 0 Å². The van der Waals surface area contributed by atoms with Gasteiger partial charge in [0, 0.05) is 6.04 Å². The average Bonchev–Trinajstić information content (AvgIpc) is 2.49. The Morgan fingerprint density at radius 1 is 1.22 bits per heavy atom. The van der Waals surface area contributed by atoms with Gasteiger partial charge in [0.15, 0.2) is 6.61 Å². The van der Waals surface area contributed by atoms with Crippen LogP contribution in [0.15, 0.2) is 18.2 Å². The number of rotatable bonds is 4. The molecule has 4 nitrogen and oxygen atoms in total. The maximum absolute atomic E-state index is 13.5. The van der Waals surface area contributed by atoms with E-state index in [1.54, 1.807) is 0 Å². The van der Waals surface area contributed by atoms with Crippen LogP contribution in [0.25, 0.3) is 0 Å². The minimum absolute atomic E-state index is 0.0372. The van der Waals surface area contributed by atoms with Gasteiger partial charge >= 0.3 is 5.97 Å². The second-order valence-electron chi connectivity index (χ2n) is 6.11. The molecule has 6 heteroatoms. The van der Waals surface area contributed by atoms with Gasteiger partial charge in [0.2, 0.25) is 0 Å². The maximum Gasteiger partial charge on any atom is 0.344 e. The molecule has 1 aliphatic carbocycles. The molecule has 2 rings (SSSR count). The fourth-order valence-corrected chi connectivity index (χ4v) is 2.93. The van der Waals surface area contributed by atoms with Crippen molar-refractivity contribution in [2.75, 3.05) is 6.61 Å². The molecule has 0 spiro atoms. The number of nitrogens with one attached hydrogen (secondary N) is 1. The molecule has 0 aromatic heterocycles. The lowest BCUT2D eigenvalue weighted by Gasteiger charge is -2.34. The first-order valence-corrected chi connectivity index (χ1v) is 7.80. The number of benzene rings is 1. The highest BCUT2D eigenvalue weighted by Crippen LogP contribution is 2.29. The van der Waals surface area contributed by atoms with Crippen LogP contribution < -0.4 is 5.32 Å². The molecule has 3 unspecified atom stereocenters. The molecule has 1 fully saturated rings. The highest BCUT2D eigenvalue weighted by atomic mass is 19.1. The van der Waals surface area contributed by atoms with Gasteiger partial charge in [-0.1, -0.05) is 32.8 Å². The van der Waals surface area contributed by atoms with Gasteiger partial charge in [0.25, 0.3) is 5.91 Å². The average molecular weight is 325 g/mol. The number of esters is 1. The topological polar surface area (TPSA) is 55.4 Å². The molecular formula is C17H21F2NO3. The third kappa shape index (κ3) is 4.27. The van der Waals surface area contributed by atoms with Crippen LogP contribution in [0.4, 0.5) is 8.78 Å². The largest absolute Gasteiger partial charge is 0.452 e. The first-order chi connectivity index (χ1) is 10.9. The maximum atomic E-state index is 13.5. The number of hydrogen-bond donors (Lipinski definition) is 1. The van der Waals surface area contributed by atoms with Gasteiger partial charge in [0.1, 0.15) is 17.2 Å². The molecule has 126 valence electrons. The summed E-state index contributed by atoms with van der Waals surface area (Å²) in [5.74, 6) is -2.80. The molecule has 1 aromatic carbocycles. The zero-order chi connectivity index (χ0) is 17.0. The highest BCUT2D eigenvalue weighted by molar-refractivity contribution is 5.91. The summed E-state index contributed by atoms with van der Waals surface area (Å²) in [6, 6.07) is 3.12. The third-order valence-corrected chi connectivity index (χ3v) is 4.55. The molecule has 1 amide bonds. The van der Waals surface area contributed by atoms with Crippen molar-refractivity contribution in [2.45, 2.75) is 39.2 Å². The lowest BCUT2D eigenvalue weighted by Crippen LogP contribution is -2.45. The predicted molar refractivity (Wildman–Crippen MR) is 80.8 cm³/mol. The second kappa shape index (κ2) is 7.53. The molecule has 0 radical (unpaired) electrons. The van der Waals surface area contributed by atoms with E-state index in [9.17, 15) is 18.4 Å². The molecule has 1 saturated carbocycles. The summed E-state index contributed by atoms with van der Waals surface area (Å²) in [6.07, 6.45) is 3.05. The number of amides is 1. The summed E-state index contributed by atoms with van der Waals surface area (Å²) in [5.41, 5.74) is -0.778. The molecule has 23 heavy (non-hydrogen) atoms. The first-order valence-electron chi connectivity index (χ1n) is 7.80. The van der Waals surface area contributed by atoms with Crippen LogP contribution in [0.2, 0.25) is 0 Å². The van der Waals surface area contributed by atoms with Crippen molar-refractivity contribution in [3.63, 3.8) is 0 Å². The Hall–Kier alpha value is -1.98. The number of carbonyl (C=O) groups is 2. The van der Waals surface area contributed by atoms with E-state index in [4.69, 9.17) is 4.74 Å². The van der Waals surface area contributed by atoms with E-state index in [0.29, 0.717) is 11.8 Å². The summed E-state index contributed by atoms with van der Waals surface area (Å²) < 4.78 is 31.6. The third-order valence-electron chi connectivity index (χ3n) is 4.55. The van der Waals surface area contributed by atoms with Crippen molar-refractivity contribution in [3.8, 4) is 0 Å². The van der Waals surface area contributed by atoms with Crippen LogP contribution >= 0.6 is 0 Å². The molecule has 1 N–H and O–H groups in total. The van der Waals surface area contributed by atoms with E-state index in [0.717, 1.165) is 37.5 Å². The monoisotopic (exact) mass is 325 g/mol. The van der Waals surface area contributed by atoms with Crippen LogP contribution in [0, 0.1) is 23.5 Å². The minimum Gasteiger partial charge on any atom is -0.452 e. The molecule has 0 heterocycles. The van der Waals surface area contributed by atoms with E-state index in [1.165, 1.54) is 0 Å². The summed E-state index contributed by atoms with van der Waals surface area (Å²) in [5, 5.41) is 2.83. The van der Waals surface area contributed by atoms with E-state index < -0.39 is 35.7 Å². The lowest BCUT2D eigenvalue weighted by atomic mass is 9.78. The Kier molecular flexibility index (Phi) is 5.69. The van der Waals surface area contributed by atoms with Crippen LogP contribution in [-0.4, -0.2) is 24.5 Å². The molecule has 1 aliphatic rings. The van der Waals surface area contributed by atoms with Crippen molar-refractivity contribution < 1.29 is 23.1 Å². The Bertz CT molecular complexity index is 571. The molecule has 0 saturated heterocycles. The van der Waals surface area contributed by atoms with Crippen molar-refractivity contribution in [3.05, 3.63) is 35.4 Å². The van der Waals surface area contributed by atoms with Crippen LogP contribution in [0.3, 0.4) is 0 Å². The van der Waals surface area contributed by atoms with Gasteiger partial charge in [-0.05, 0) is 30.4 Å². The normalized spacial score (nSPS) is 24.1. The zero-order valence-corrected chi connectivity index (χ0v) is 13.3. The number of carbonyl (C=O) groups excluding carboxylic acids is 2. The van der Waals surface area contributed by atoms with Gasteiger partial charge in [-0.2, -0.15) is 0 Å². The molecular weight excluding hydrogens is 304 g/mol. The number of ether oxygens (including phenoxy) is 1. The van der Waals surface area contributed by atoms with Crippen LogP contribution in [-0.2, 0) is 9.53 Å². The van der Waals surface area contributed by atoms with E-state index in [2.05, 4.69) is 19.2 Å². The van der Waals surface area contributed by atoms with Crippen molar-refractivity contribution >= 4 is 11.9 Å². The van der Waals surface area contributed by atoms with Crippen molar-refractivity contribution in [2.24, 2.45) is 11.8 Å². The minimum atomic E-state index is -1.18. The Labute approximate surface area is 134 Å². The standard InChI is InChI=1S/C17H21F2NO3/c1-10-5-3-8-14(11(10)2)20-15(21)9-23-17(22)16-12(18)6-4-7-13(16)19/h4,6-7,10-11,14H,3,5,8-9H2,1-2H3,(H,20,21). The fraction of sp³-hybridized carbons (Fsp3) is 0.529. The van der Waals surface area contributed by atoms with Gasteiger partial charge in [-0.15, -0.1) is 0 Å². The van der Waals surface area contributed by atoms with Gasteiger partial charge in [-0.3, -0.25) is 4.79 Å². The Balaban J connectivity index is 1.88. The Morgan fingerprint density at radius 3 is 2.52 bits per heavy atom. The smallest absolute Gasteiger partial charge is 0.344 e. The summed E-state index contributed by atoms with van der Waals surface area (Å²) in [6.45, 7) is 3.67. The molecule has 0 bridgehead atoms. The van der Waals surface area contributed by atoms with Gasteiger partial charge < -0.3 is 10.1 Å². The fourth-order valence-electron chi connectivity index (χ4n) is 2.93. The highest BCUT2D eigenvalue weighted by Gasteiger charge is 2.28. The van der Waals surface area contributed by atoms with Crippen LogP contribution in [0.5, 0.6) is 0 Å². The van der Waals surface area contributed by atoms with Gasteiger partial charge in [-0.25, -0.2) is 13.6 Å². The molecule has 3 atom stereocenters. The molecule has 1 aromatic rings. The number of hydrogen-bond acceptors (Lipinski definition) is 3. The quantitative estimate of drug-likeness (QED) is 0.866.